The highest BCUT2D eigenvalue weighted by Gasteiger charge is 2.21. The van der Waals surface area contributed by atoms with Gasteiger partial charge in [-0.25, -0.2) is 0 Å². The Hall–Kier alpha value is -1.000. The molecule has 1 unspecified atom stereocenters. The Balaban J connectivity index is 2.32. The van der Waals surface area contributed by atoms with Crippen molar-refractivity contribution in [1.82, 2.24) is 5.32 Å². The van der Waals surface area contributed by atoms with Gasteiger partial charge in [-0.15, -0.1) is 0 Å². The van der Waals surface area contributed by atoms with Gasteiger partial charge in [0.05, 0.1) is 10.7 Å². The zero-order valence-corrected chi connectivity index (χ0v) is 10.9. The van der Waals surface area contributed by atoms with Crippen molar-refractivity contribution in [2.45, 2.75) is 19.4 Å². The van der Waals surface area contributed by atoms with Crippen LogP contribution in [0, 0.1) is 0 Å². The minimum Gasteiger partial charge on any atom is -0.466 e. The van der Waals surface area contributed by atoms with E-state index in [-0.39, 0.29) is 6.04 Å². The fourth-order valence-corrected chi connectivity index (χ4v) is 2.08. The summed E-state index contributed by atoms with van der Waals surface area (Å²) in [5.74, 6) is 2.69. The molecule has 2 aromatic rings. The molecule has 0 bridgehead atoms. The van der Waals surface area contributed by atoms with Crippen molar-refractivity contribution < 1.29 is 8.83 Å². The average Bonchev–Trinajstić information content (AvgIpc) is 2.90. The van der Waals surface area contributed by atoms with E-state index in [1.54, 1.807) is 6.26 Å². The lowest BCUT2D eigenvalue weighted by atomic mass is 10.2. The molecule has 1 atom stereocenters. The summed E-state index contributed by atoms with van der Waals surface area (Å²) in [5, 5.41) is 3.18. The molecule has 16 heavy (non-hydrogen) atoms. The molecular weight excluding hydrogens is 270 g/mol. The smallest absolute Gasteiger partial charge is 0.142 e. The van der Waals surface area contributed by atoms with Gasteiger partial charge in [-0.05, 0) is 41.2 Å². The molecule has 0 amide bonds. The highest BCUT2D eigenvalue weighted by Crippen LogP contribution is 2.30. The van der Waals surface area contributed by atoms with E-state index >= 15 is 0 Å². The molecule has 1 N–H and O–H groups in total. The van der Waals surface area contributed by atoms with Crippen LogP contribution in [-0.2, 0) is 6.42 Å². The Kier molecular flexibility index (Phi) is 3.51. The number of furan rings is 2. The molecule has 4 heteroatoms. The second-order valence-corrected chi connectivity index (χ2v) is 4.37. The molecular formula is C12H14BrNO2. The first-order valence-corrected chi connectivity index (χ1v) is 6.04. The van der Waals surface area contributed by atoms with Crippen molar-refractivity contribution in [3.63, 3.8) is 0 Å². The topological polar surface area (TPSA) is 38.3 Å². The third kappa shape index (κ3) is 2.08. The van der Waals surface area contributed by atoms with Crippen molar-refractivity contribution in [1.29, 1.82) is 0 Å². The third-order valence-corrected chi connectivity index (χ3v) is 3.17. The molecule has 0 aromatic carbocycles. The quantitative estimate of drug-likeness (QED) is 0.933. The molecule has 86 valence electrons. The largest absolute Gasteiger partial charge is 0.466 e. The molecule has 0 fully saturated rings. The van der Waals surface area contributed by atoms with E-state index in [1.807, 2.05) is 25.2 Å². The third-order valence-electron chi connectivity index (χ3n) is 2.51. The van der Waals surface area contributed by atoms with E-state index < -0.39 is 0 Å². The van der Waals surface area contributed by atoms with Crippen LogP contribution in [0.2, 0.25) is 0 Å². The van der Waals surface area contributed by atoms with E-state index in [1.165, 1.54) is 0 Å². The lowest BCUT2D eigenvalue weighted by Gasteiger charge is -2.11. The van der Waals surface area contributed by atoms with Crippen LogP contribution < -0.4 is 5.32 Å². The van der Waals surface area contributed by atoms with Gasteiger partial charge in [-0.2, -0.15) is 0 Å². The Morgan fingerprint density at radius 3 is 2.69 bits per heavy atom. The normalized spacial score (nSPS) is 12.9. The summed E-state index contributed by atoms with van der Waals surface area (Å²) in [5.41, 5.74) is 0. The first-order valence-electron chi connectivity index (χ1n) is 5.25. The van der Waals surface area contributed by atoms with Gasteiger partial charge in [-0.1, -0.05) is 6.92 Å². The summed E-state index contributed by atoms with van der Waals surface area (Å²) in [4.78, 5) is 0. The predicted octanol–water partition coefficient (Wildman–Crippen LogP) is 3.51. The molecule has 0 aliphatic rings. The van der Waals surface area contributed by atoms with E-state index in [4.69, 9.17) is 8.83 Å². The standard InChI is InChI=1S/C12H14BrNO2/c1-3-8-4-5-10(16-8)11(14-2)12-9(13)6-7-15-12/h4-7,11,14H,3H2,1-2H3. The predicted molar refractivity (Wildman–Crippen MR) is 65.4 cm³/mol. The summed E-state index contributed by atoms with van der Waals surface area (Å²) in [6.07, 6.45) is 2.56. The Morgan fingerprint density at radius 1 is 1.38 bits per heavy atom. The van der Waals surface area contributed by atoms with Crippen LogP contribution >= 0.6 is 15.9 Å². The summed E-state index contributed by atoms with van der Waals surface area (Å²) < 4.78 is 12.1. The number of rotatable bonds is 4. The number of halogens is 1. The van der Waals surface area contributed by atoms with Crippen molar-refractivity contribution in [3.05, 3.63) is 46.2 Å². The van der Waals surface area contributed by atoms with Crippen LogP contribution in [0.1, 0.15) is 30.2 Å². The van der Waals surface area contributed by atoms with E-state index in [2.05, 4.69) is 28.2 Å². The van der Waals surface area contributed by atoms with Crippen LogP contribution in [0.3, 0.4) is 0 Å². The maximum atomic E-state index is 5.72. The second-order valence-electron chi connectivity index (χ2n) is 3.51. The molecule has 0 aliphatic carbocycles. The van der Waals surface area contributed by atoms with Gasteiger partial charge in [-0.3, -0.25) is 0 Å². The molecule has 3 nitrogen and oxygen atoms in total. The number of hydrogen-bond donors (Lipinski definition) is 1. The first kappa shape index (κ1) is 11.5. The Morgan fingerprint density at radius 2 is 2.19 bits per heavy atom. The minimum atomic E-state index is -0.0512. The molecule has 0 saturated heterocycles. The average molecular weight is 284 g/mol. The monoisotopic (exact) mass is 283 g/mol. The Bertz CT molecular complexity index is 461. The van der Waals surface area contributed by atoms with Gasteiger partial charge in [0.25, 0.3) is 0 Å². The Labute approximate surface area is 103 Å². The minimum absolute atomic E-state index is 0.0512. The fraction of sp³-hybridized carbons (Fsp3) is 0.333. The second kappa shape index (κ2) is 4.89. The lowest BCUT2D eigenvalue weighted by Crippen LogP contribution is -2.16. The molecule has 2 heterocycles. The first-order chi connectivity index (χ1) is 7.76. The van der Waals surface area contributed by atoms with Gasteiger partial charge >= 0.3 is 0 Å². The zero-order chi connectivity index (χ0) is 11.5. The van der Waals surface area contributed by atoms with Crippen LogP contribution in [0.15, 0.2) is 37.8 Å². The van der Waals surface area contributed by atoms with E-state index in [0.717, 1.165) is 28.2 Å². The molecule has 0 radical (unpaired) electrons. The van der Waals surface area contributed by atoms with Gasteiger partial charge in [0.2, 0.25) is 0 Å². The molecule has 0 spiro atoms. The van der Waals surface area contributed by atoms with Crippen LogP contribution in [0.25, 0.3) is 0 Å². The number of nitrogens with one attached hydrogen (secondary N) is 1. The molecule has 2 aromatic heterocycles. The van der Waals surface area contributed by atoms with Crippen molar-refractivity contribution in [3.8, 4) is 0 Å². The van der Waals surface area contributed by atoms with Crippen LogP contribution in [0.4, 0.5) is 0 Å². The van der Waals surface area contributed by atoms with Gasteiger partial charge in [0, 0.05) is 6.42 Å². The van der Waals surface area contributed by atoms with Gasteiger partial charge < -0.3 is 14.2 Å². The maximum absolute atomic E-state index is 5.72. The van der Waals surface area contributed by atoms with E-state index in [0.29, 0.717) is 0 Å². The van der Waals surface area contributed by atoms with Crippen LogP contribution in [-0.4, -0.2) is 7.05 Å². The summed E-state index contributed by atoms with van der Waals surface area (Å²) in [6.45, 7) is 2.07. The highest BCUT2D eigenvalue weighted by atomic mass is 79.9. The van der Waals surface area contributed by atoms with Crippen molar-refractivity contribution in [2.75, 3.05) is 7.05 Å². The molecule has 0 saturated carbocycles. The summed E-state index contributed by atoms with van der Waals surface area (Å²) >= 11 is 3.45. The van der Waals surface area contributed by atoms with Crippen molar-refractivity contribution >= 4 is 15.9 Å². The van der Waals surface area contributed by atoms with Crippen molar-refractivity contribution in [2.24, 2.45) is 0 Å². The van der Waals surface area contributed by atoms with Crippen LogP contribution in [0.5, 0.6) is 0 Å². The summed E-state index contributed by atoms with van der Waals surface area (Å²) in [6, 6.07) is 5.80. The fourth-order valence-electron chi connectivity index (χ4n) is 1.65. The van der Waals surface area contributed by atoms with E-state index in [9.17, 15) is 0 Å². The SMILES string of the molecule is CCc1ccc(C(NC)c2occc2Br)o1. The van der Waals surface area contributed by atoms with Gasteiger partial charge in [0.15, 0.2) is 0 Å². The molecule has 2 rings (SSSR count). The zero-order valence-electron chi connectivity index (χ0n) is 9.29. The number of aryl methyl sites for hydroxylation is 1. The summed E-state index contributed by atoms with van der Waals surface area (Å²) in [7, 11) is 1.88. The maximum Gasteiger partial charge on any atom is 0.142 e. The highest BCUT2D eigenvalue weighted by molar-refractivity contribution is 9.10. The molecule has 0 aliphatic heterocycles. The van der Waals surface area contributed by atoms with Gasteiger partial charge in [0.1, 0.15) is 23.3 Å². The lowest BCUT2D eigenvalue weighted by molar-refractivity contribution is 0.388. The number of hydrogen-bond acceptors (Lipinski definition) is 3.